The summed E-state index contributed by atoms with van der Waals surface area (Å²) in [6.07, 6.45) is 3.17. The molecule has 0 amide bonds. The first kappa shape index (κ1) is 12.9. The summed E-state index contributed by atoms with van der Waals surface area (Å²) in [6, 6.07) is 7.23. The van der Waals surface area contributed by atoms with Crippen LogP contribution in [0, 0.1) is 0 Å². The van der Waals surface area contributed by atoms with Gasteiger partial charge in [0, 0.05) is 11.1 Å². The first-order valence-electron chi connectivity index (χ1n) is 6.28. The highest BCUT2D eigenvalue weighted by Crippen LogP contribution is 2.15. The van der Waals surface area contributed by atoms with Crippen LogP contribution in [-0.4, -0.2) is 19.1 Å². The van der Waals surface area contributed by atoms with Gasteiger partial charge in [-0.15, -0.1) is 0 Å². The molecule has 1 aromatic carbocycles. The van der Waals surface area contributed by atoms with Gasteiger partial charge >= 0.3 is 0 Å². The van der Waals surface area contributed by atoms with Gasteiger partial charge in [-0.2, -0.15) is 0 Å². The molecule has 20 heavy (non-hydrogen) atoms. The summed E-state index contributed by atoms with van der Waals surface area (Å²) >= 11 is 5.85. The summed E-state index contributed by atoms with van der Waals surface area (Å²) in [7, 11) is 0. The van der Waals surface area contributed by atoms with E-state index in [0.29, 0.717) is 21.9 Å². The number of imidazole rings is 1. The monoisotopic (exact) mass is 288 g/mol. The summed E-state index contributed by atoms with van der Waals surface area (Å²) in [4.78, 5) is 21.0. The van der Waals surface area contributed by atoms with E-state index < -0.39 is 0 Å². The molecule has 3 rings (SSSR count). The number of fused-ring (bicyclic) bond motifs is 1. The smallest absolute Gasteiger partial charge is 0.286 e. The lowest BCUT2D eigenvalue weighted by Crippen LogP contribution is -2.19. The molecular weight excluding hydrogens is 276 g/mol. The highest BCUT2D eigenvalue weighted by molar-refractivity contribution is 6.30. The molecule has 0 aliphatic rings. The van der Waals surface area contributed by atoms with Crippen LogP contribution in [0.4, 0.5) is 0 Å². The Balaban J connectivity index is 2.22. The molecule has 6 heteroatoms. The highest BCUT2D eigenvalue weighted by atomic mass is 35.5. The maximum atomic E-state index is 12.5. The van der Waals surface area contributed by atoms with Crippen LogP contribution in [0.3, 0.4) is 0 Å². The van der Waals surface area contributed by atoms with E-state index in [-0.39, 0.29) is 11.6 Å². The maximum Gasteiger partial charge on any atom is 0.286 e. The molecule has 0 unspecified atom stereocenters. The van der Waals surface area contributed by atoms with Gasteiger partial charge in [0.05, 0.1) is 12.0 Å². The normalized spacial score (nSPS) is 11.4. The van der Waals surface area contributed by atoms with Crippen molar-refractivity contribution in [3.05, 3.63) is 52.3 Å². The highest BCUT2D eigenvalue weighted by Gasteiger charge is 2.12. The van der Waals surface area contributed by atoms with Crippen molar-refractivity contribution >= 4 is 22.8 Å². The van der Waals surface area contributed by atoms with Gasteiger partial charge in [0.25, 0.3) is 5.56 Å². The molecule has 2 aromatic heterocycles. The number of hydrogen-bond acceptors (Lipinski definition) is 3. The minimum Gasteiger partial charge on any atom is -0.313 e. The second-order valence-corrected chi connectivity index (χ2v) is 5.25. The SMILES string of the molecule is CC(C)n1cnc2c(=O)n(-c3ccc(Cl)cc3)cnc21. The third-order valence-corrected chi connectivity index (χ3v) is 3.40. The van der Waals surface area contributed by atoms with E-state index in [1.54, 1.807) is 30.6 Å². The molecule has 2 heterocycles. The Bertz CT molecular complexity index is 817. The van der Waals surface area contributed by atoms with Gasteiger partial charge in [0.2, 0.25) is 0 Å². The molecule has 0 bridgehead atoms. The fourth-order valence-electron chi connectivity index (χ4n) is 2.08. The first-order valence-corrected chi connectivity index (χ1v) is 6.66. The summed E-state index contributed by atoms with van der Waals surface area (Å²) in [6.45, 7) is 4.04. The minimum atomic E-state index is -0.184. The van der Waals surface area contributed by atoms with Crippen molar-refractivity contribution in [3.63, 3.8) is 0 Å². The average Bonchev–Trinajstić information content (AvgIpc) is 2.85. The van der Waals surface area contributed by atoms with Crippen molar-refractivity contribution in [2.24, 2.45) is 0 Å². The number of halogens is 1. The number of hydrogen-bond donors (Lipinski definition) is 0. The molecule has 0 saturated carbocycles. The summed E-state index contributed by atoms with van der Waals surface area (Å²) in [5, 5.41) is 0.625. The van der Waals surface area contributed by atoms with Crippen LogP contribution >= 0.6 is 11.6 Å². The van der Waals surface area contributed by atoms with E-state index in [1.807, 2.05) is 18.4 Å². The van der Waals surface area contributed by atoms with Crippen molar-refractivity contribution in [1.82, 2.24) is 19.1 Å². The first-order chi connectivity index (χ1) is 9.58. The Morgan fingerprint density at radius 3 is 2.45 bits per heavy atom. The number of aromatic nitrogens is 4. The molecule has 3 aromatic rings. The molecule has 0 atom stereocenters. The van der Waals surface area contributed by atoms with E-state index in [2.05, 4.69) is 9.97 Å². The molecule has 5 nitrogen and oxygen atoms in total. The van der Waals surface area contributed by atoms with Crippen LogP contribution in [0.15, 0.2) is 41.7 Å². The van der Waals surface area contributed by atoms with Crippen LogP contribution in [-0.2, 0) is 0 Å². The molecule has 0 spiro atoms. The van der Waals surface area contributed by atoms with Crippen molar-refractivity contribution in [2.45, 2.75) is 19.9 Å². The van der Waals surface area contributed by atoms with Gasteiger partial charge in [-0.1, -0.05) is 11.6 Å². The van der Waals surface area contributed by atoms with Crippen LogP contribution < -0.4 is 5.56 Å². The third-order valence-electron chi connectivity index (χ3n) is 3.15. The zero-order chi connectivity index (χ0) is 14.3. The minimum absolute atomic E-state index is 0.184. The summed E-state index contributed by atoms with van der Waals surface area (Å²) < 4.78 is 3.35. The molecule has 0 aliphatic carbocycles. The van der Waals surface area contributed by atoms with E-state index >= 15 is 0 Å². The Hall–Kier alpha value is -2.14. The number of benzene rings is 1. The van der Waals surface area contributed by atoms with Gasteiger partial charge in [0.1, 0.15) is 6.33 Å². The fourth-order valence-corrected chi connectivity index (χ4v) is 2.20. The Morgan fingerprint density at radius 2 is 1.80 bits per heavy atom. The van der Waals surface area contributed by atoms with Crippen LogP contribution in [0.25, 0.3) is 16.9 Å². The van der Waals surface area contributed by atoms with E-state index in [0.717, 1.165) is 0 Å². The lowest BCUT2D eigenvalue weighted by molar-refractivity contribution is 0.612. The molecule has 0 fully saturated rings. The maximum absolute atomic E-state index is 12.5. The van der Waals surface area contributed by atoms with Crippen LogP contribution in [0.1, 0.15) is 19.9 Å². The second kappa shape index (κ2) is 4.76. The molecular formula is C14H13ClN4O. The van der Waals surface area contributed by atoms with Gasteiger partial charge in [-0.05, 0) is 38.1 Å². The lowest BCUT2D eigenvalue weighted by atomic mass is 10.3. The van der Waals surface area contributed by atoms with Gasteiger partial charge < -0.3 is 4.57 Å². The molecule has 102 valence electrons. The molecule has 0 saturated heterocycles. The van der Waals surface area contributed by atoms with Gasteiger partial charge in [-0.3, -0.25) is 9.36 Å². The van der Waals surface area contributed by atoms with E-state index in [9.17, 15) is 4.79 Å². The van der Waals surface area contributed by atoms with Crippen molar-refractivity contribution in [3.8, 4) is 5.69 Å². The standard InChI is InChI=1S/C14H13ClN4O/c1-9(2)18-7-16-12-13(18)17-8-19(14(12)20)11-5-3-10(15)4-6-11/h3-9H,1-2H3. The average molecular weight is 289 g/mol. The predicted octanol–water partition coefficient (Wildman–Crippen LogP) is 2.82. The van der Waals surface area contributed by atoms with Crippen molar-refractivity contribution < 1.29 is 0 Å². The third kappa shape index (κ3) is 2.00. The van der Waals surface area contributed by atoms with E-state index in [1.165, 1.54) is 10.9 Å². The molecule has 0 radical (unpaired) electrons. The van der Waals surface area contributed by atoms with Crippen LogP contribution in [0.5, 0.6) is 0 Å². The Kier molecular flexibility index (Phi) is 3.06. The van der Waals surface area contributed by atoms with Gasteiger partial charge in [-0.25, -0.2) is 9.97 Å². The number of rotatable bonds is 2. The summed E-state index contributed by atoms with van der Waals surface area (Å²) in [5.74, 6) is 0. The Morgan fingerprint density at radius 1 is 1.10 bits per heavy atom. The topological polar surface area (TPSA) is 52.7 Å². The zero-order valence-electron chi connectivity index (χ0n) is 11.1. The van der Waals surface area contributed by atoms with E-state index in [4.69, 9.17) is 11.6 Å². The predicted molar refractivity (Wildman–Crippen MR) is 78.5 cm³/mol. The lowest BCUT2D eigenvalue weighted by Gasteiger charge is -2.08. The largest absolute Gasteiger partial charge is 0.313 e. The summed E-state index contributed by atoms with van der Waals surface area (Å²) in [5.41, 5.74) is 1.51. The quantitative estimate of drug-likeness (QED) is 0.728. The number of nitrogens with zero attached hydrogens (tertiary/aromatic N) is 4. The van der Waals surface area contributed by atoms with Crippen molar-refractivity contribution in [1.29, 1.82) is 0 Å². The molecule has 0 N–H and O–H groups in total. The second-order valence-electron chi connectivity index (χ2n) is 4.81. The zero-order valence-corrected chi connectivity index (χ0v) is 11.9. The van der Waals surface area contributed by atoms with Crippen molar-refractivity contribution in [2.75, 3.05) is 0 Å². The Labute approximate surface area is 120 Å². The van der Waals surface area contributed by atoms with Gasteiger partial charge in [0.15, 0.2) is 11.2 Å². The molecule has 0 aliphatic heterocycles. The van der Waals surface area contributed by atoms with Crippen LogP contribution in [0.2, 0.25) is 5.02 Å². The fraction of sp³-hybridized carbons (Fsp3) is 0.214.